The lowest BCUT2D eigenvalue weighted by Crippen LogP contribution is -2.59. The van der Waals surface area contributed by atoms with Crippen LogP contribution < -0.4 is 10.4 Å². The fourth-order valence-corrected chi connectivity index (χ4v) is 3.70. The lowest BCUT2D eigenvalue weighted by molar-refractivity contribution is -0.138. The van der Waals surface area contributed by atoms with E-state index in [0.29, 0.717) is 12.1 Å². The number of halogens is 6. The second-order valence-electron chi connectivity index (χ2n) is 4.83. The van der Waals surface area contributed by atoms with Gasteiger partial charge in [-0.15, -0.1) is 0 Å². The van der Waals surface area contributed by atoms with Crippen molar-refractivity contribution in [2.45, 2.75) is 12.4 Å². The van der Waals surface area contributed by atoms with Crippen molar-refractivity contribution >= 4 is 18.9 Å². The molecule has 0 unspecified atom stereocenters. The van der Waals surface area contributed by atoms with E-state index in [9.17, 15) is 35.9 Å². The van der Waals surface area contributed by atoms with Gasteiger partial charge in [0.2, 0.25) is 0 Å². The highest BCUT2D eigenvalue weighted by Crippen LogP contribution is 2.29. The topological polar surface area (TPSA) is 40.5 Å². The van der Waals surface area contributed by atoms with Crippen LogP contribution in [0.3, 0.4) is 0 Å². The van der Waals surface area contributed by atoms with E-state index >= 15 is 0 Å². The Kier molecular flexibility index (Phi) is 4.31. The van der Waals surface area contributed by atoms with Crippen LogP contribution in [-0.2, 0) is 12.4 Å². The van der Waals surface area contributed by atoms with E-state index in [2.05, 4.69) is 0 Å². The minimum absolute atomic E-state index is 0.452. The first-order chi connectivity index (χ1) is 10.4. The molecule has 2 rings (SSSR count). The van der Waals surface area contributed by atoms with Crippen LogP contribution in [0.5, 0.6) is 0 Å². The van der Waals surface area contributed by atoms with E-state index in [1.54, 1.807) is 0 Å². The van der Waals surface area contributed by atoms with Crippen molar-refractivity contribution in [3.8, 4) is 0 Å². The summed E-state index contributed by atoms with van der Waals surface area (Å²) < 4.78 is 76.1. The van der Waals surface area contributed by atoms with E-state index in [-0.39, 0.29) is 0 Å². The summed E-state index contributed by atoms with van der Waals surface area (Å²) in [5.74, 6) is 0. The van der Waals surface area contributed by atoms with Crippen LogP contribution in [-0.4, -0.2) is 18.2 Å². The van der Waals surface area contributed by atoms with Gasteiger partial charge in [-0.25, -0.2) is 0 Å². The third-order valence-corrected chi connectivity index (χ3v) is 5.42. The zero-order chi connectivity index (χ0) is 17.5. The molecule has 0 saturated carbocycles. The molecule has 9 heteroatoms. The number of hydrogen-bond donors (Lipinski definition) is 2. The maximum absolute atomic E-state index is 12.7. The van der Waals surface area contributed by atoms with E-state index in [4.69, 9.17) is 0 Å². The van der Waals surface area contributed by atoms with Crippen molar-refractivity contribution in [3.63, 3.8) is 0 Å². The molecule has 0 spiro atoms. The largest absolute Gasteiger partial charge is 0.416 e. The molecule has 0 bridgehead atoms. The molecule has 0 atom stereocenters. The Balaban J connectivity index is 2.51. The van der Waals surface area contributed by atoms with Gasteiger partial charge in [0.05, 0.1) is 11.1 Å². The summed E-state index contributed by atoms with van der Waals surface area (Å²) in [5.41, 5.74) is -2.22. The normalized spacial score (nSPS) is 13.2. The van der Waals surface area contributed by atoms with Gasteiger partial charge in [0.1, 0.15) is 0 Å². The second kappa shape index (κ2) is 5.66. The number of hydrogen-bond acceptors (Lipinski definition) is 2. The molecule has 2 aromatic rings. The Bertz CT molecular complexity index is 649. The van der Waals surface area contributed by atoms with Crippen molar-refractivity contribution in [1.29, 1.82) is 0 Å². The smallest absolute Gasteiger partial charge is 0.404 e. The van der Waals surface area contributed by atoms with Gasteiger partial charge in [-0.3, -0.25) is 0 Å². The molecule has 0 radical (unpaired) electrons. The Hall–Kier alpha value is -1.84. The van der Waals surface area contributed by atoms with E-state index in [0.717, 1.165) is 36.4 Å². The molecule has 0 heterocycles. The molecule has 0 fully saturated rings. The van der Waals surface area contributed by atoms with E-state index in [1.165, 1.54) is 0 Å². The standard InChI is InChI=1S/C14H10F6O2Si/c15-13(16,17)9-3-1-5-11(7-9)23(21,22)12-6-2-4-10(8-12)14(18,19)20/h1-8,21-22H. The molecular weight excluding hydrogens is 342 g/mol. The van der Waals surface area contributed by atoms with Gasteiger partial charge in [0.25, 0.3) is 0 Å². The fraction of sp³-hybridized carbons (Fsp3) is 0.143. The van der Waals surface area contributed by atoms with Crippen LogP contribution >= 0.6 is 0 Å². The van der Waals surface area contributed by atoms with Crippen LogP contribution in [0.15, 0.2) is 48.5 Å². The SMILES string of the molecule is O[Si](O)(c1cccc(C(F)(F)F)c1)c1cccc(C(F)(F)F)c1. The number of benzene rings is 2. The monoisotopic (exact) mass is 352 g/mol. The molecule has 0 aromatic heterocycles. The van der Waals surface area contributed by atoms with Gasteiger partial charge < -0.3 is 9.59 Å². The van der Waals surface area contributed by atoms with E-state index in [1.807, 2.05) is 0 Å². The maximum atomic E-state index is 12.7. The van der Waals surface area contributed by atoms with Crippen molar-refractivity contribution < 1.29 is 35.9 Å². The summed E-state index contributed by atoms with van der Waals surface area (Å²) in [5, 5.41) is -0.904. The molecule has 124 valence electrons. The summed E-state index contributed by atoms with van der Waals surface area (Å²) in [6, 6.07) is 6.57. The van der Waals surface area contributed by atoms with Crippen LogP contribution in [0, 0.1) is 0 Å². The van der Waals surface area contributed by atoms with Crippen LogP contribution in [0.4, 0.5) is 26.3 Å². The zero-order valence-electron chi connectivity index (χ0n) is 11.3. The first-order valence-corrected chi connectivity index (χ1v) is 8.12. The van der Waals surface area contributed by atoms with Gasteiger partial charge in [-0.1, -0.05) is 36.4 Å². The summed E-state index contributed by atoms with van der Waals surface area (Å²) >= 11 is 0. The van der Waals surface area contributed by atoms with Gasteiger partial charge >= 0.3 is 20.9 Å². The van der Waals surface area contributed by atoms with Gasteiger partial charge in [0, 0.05) is 0 Å². The fourth-order valence-electron chi connectivity index (χ4n) is 1.99. The van der Waals surface area contributed by atoms with Gasteiger partial charge in [0.15, 0.2) is 0 Å². The van der Waals surface area contributed by atoms with Gasteiger partial charge in [-0.05, 0) is 22.5 Å². The molecule has 2 N–H and O–H groups in total. The quantitative estimate of drug-likeness (QED) is 0.643. The molecule has 0 amide bonds. The third kappa shape index (κ3) is 3.74. The average molecular weight is 352 g/mol. The Morgan fingerprint density at radius 1 is 0.652 bits per heavy atom. The Labute approximate surface area is 127 Å². The first-order valence-electron chi connectivity index (χ1n) is 6.22. The summed E-state index contributed by atoms with van der Waals surface area (Å²) in [4.78, 5) is 20.4. The van der Waals surface area contributed by atoms with Crippen LogP contribution in [0.25, 0.3) is 0 Å². The summed E-state index contributed by atoms with van der Waals surface area (Å²) in [7, 11) is -4.68. The lowest BCUT2D eigenvalue weighted by atomic mass is 10.2. The Morgan fingerprint density at radius 2 is 1.00 bits per heavy atom. The minimum atomic E-state index is -4.70. The average Bonchev–Trinajstić information content (AvgIpc) is 2.46. The molecular formula is C14H10F6O2Si. The predicted molar refractivity (Wildman–Crippen MR) is 72.3 cm³/mol. The Morgan fingerprint density at radius 3 is 1.30 bits per heavy atom. The van der Waals surface area contributed by atoms with Crippen molar-refractivity contribution in [1.82, 2.24) is 0 Å². The minimum Gasteiger partial charge on any atom is -0.404 e. The van der Waals surface area contributed by atoms with Crippen molar-refractivity contribution in [2.24, 2.45) is 0 Å². The van der Waals surface area contributed by atoms with E-state index < -0.39 is 42.4 Å². The zero-order valence-corrected chi connectivity index (χ0v) is 12.3. The highest BCUT2D eigenvalue weighted by Gasteiger charge is 2.40. The highest BCUT2D eigenvalue weighted by atomic mass is 28.4. The second-order valence-corrected chi connectivity index (χ2v) is 7.33. The number of alkyl halides is 6. The number of rotatable bonds is 2. The molecule has 0 saturated heterocycles. The predicted octanol–water partition coefficient (Wildman–Crippen LogP) is 2.27. The molecule has 0 aliphatic carbocycles. The first kappa shape index (κ1) is 17.5. The molecule has 2 aromatic carbocycles. The lowest BCUT2D eigenvalue weighted by Gasteiger charge is -2.21. The van der Waals surface area contributed by atoms with Crippen LogP contribution in [0.2, 0.25) is 0 Å². The molecule has 2 nitrogen and oxygen atoms in total. The van der Waals surface area contributed by atoms with Crippen LogP contribution in [0.1, 0.15) is 11.1 Å². The maximum Gasteiger partial charge on any atom is 0.416 e. The molecule has 0 aliphatic heterocycles. The van der Waals surface area contributed by atoms with Crippen molar-refractivity contribution in [2.75, 3.05) is 0 Å². The third-order valence-electron chi connectivity index (χ3n) is 3.18. The van der Waals surface area contributed by atoms with Crippen molar-refractivity contribution in [3.05, 3.63) is 59.7 Å². The van der Waals surface area contributed by atoms with Gasteiger partial charge in [-0.2, -0.15) is 26.3 Å². The summed E-state index contributed by atoms with van der Waals surface area (Å²) in [6.07, 6.45) is -9.40. The highest BCUT2D eigenvalue weighted by molar-refractivity contribution is 6.90. The molecule has 23 heavy (non-hydrogen) atoms. The molecule has 0 aliphatic rings. The summed E-state index contributed by atoms with van der Waals surface area (Å²) in [6.45, 7) is 0.